The quantitative estimate of drug-likeness (QED) is 0.795. The van der Waals surface area contributed by atoms with Crippen molar-refractivity contribution in [2.45, 2.75) is 20.1 Å². The third-order valence-corrected chi connectivity index (χ3v) is 2.80. The van der Waals surface area contributed by atoms with Crippen molar-refractivity contribution in [1.29, 1.82) is 0 Å². The first-order valence-corrected chi connectivity index (χ1v) is 6.05. The van der Waals surface area contributed by atoms with Gasteiger partial charge in [0.15, 0.2) is 0 Å². The number of methoxy groups -OCH3 is 1. The van der Waals surface area contributed by atoms with Gasteiger partial charge in [-0.15, -0.1) is 0 Å². The average molecular weight is 242 g/mol. The fourth-order valence-corrected chi connectivity index (χ4v) is 1.79. The number of aryl methyl sites for hydroxylation is 1. The van der Waals surface area contributed by atoms with E-state index in [1.54, 1.807) is 7.11 Å². The molecule has 0 N–H and O–H groups in total. The van der Waals surface area contributed by atoms with E-state index in [4.69, 9.17) is 9.47 Å². The highest BCUT2D eigenvalue weighted by atomic mass is 16.5. The number of rotatable bonds is 5. The van der Waals surface area contributed by atoms with Crippen molar-refractivity contribution in [2.75, 3.05) is 7.11 Å². The Labute approximate surface area is 108 Å². The van der Waals surface area contributed by atoms with Gasteiger partial charge in [0.05, 0.1) is 6.61 Å². The van der Waals surface area contributed by atoms with Gasteiger partial charge in [-0.3, -0.25) is 0 Å². The van der Waals surface area contributed by atoms with E-state index < -0.39 is 0 Å². The Hall–Kier alpha value is -1.80. The molecule has 0 fully saturated rings. The Morgan fingerprint density at radius 2 is 1.67 bits per heavy atom. The van der Waals surface area contributed by atoms with Crippen molar-refractivity contribution in [2.24, 2.45) is 0 Å². The molecule has 0 saturated carbocycles. The van der Waals surface area contributed by atoms with Gasteiger partial charge in [0.1, 0.15) is 12.4 Å². The Balaban J connectivity index is 2.06. The monoisotopic (exact) mass is 242 g/mol. The van der Waals surface area contributed by atoms with Crippen LogP contribution in [0.15, 0.2) is 48.5 Å². The van der Waals surface area contributed by atoms with E-state index in [0.29, 0.717) is 13.2 Å². The summed E-state index contributed by atoms with van der Waals surface area (Å²) in [4.78, 5) is 0. The van der Waals surface area contributed by atoms with Crippen molar-refractivity contribution in [3.63, 3.8) is 0 Å². The zero-order chi connectivity index (χ0) is 12.8. The maximum absolute atomic E-state index is 5.85. The van der Waals surface area contributed by atoms with Crippen LogP contribution in [-0.2, 0) is 18.0 Å². The first-order chi connectivity index (χ1) is 8.79. The Bertz CT molecular complexity index is 492. The van der Waals surface area contributed by atoms with Crippen LogP contribution in [0.1, 0.15) is 16.7 Å². The molecule has 0 aliphatic rings. The lowest BCUT2D eigenvalue weighted by Crippen LogP contribution is -1.98. The Morgan fingerprint density at radius 3 is 2.39 bits per heavy atom. The topological polar surface area (TPSA) is 18.5 Å². The lowest BCUT2D eigenvalue weighted by Gasteiger charge is -2.11. The van der Waals surface area contributed by atoms with Crippen LogP contribution in [0.25, 0.3) is 0 Å². The molecule has 0 heterocycles. The molecule has 2 rings (SSSR count). The molecular weight excluding hydrogens is 224 g/mol. The largest absolute Gasteiger partial charge is 0.489 e. The highest BCUT2D eigenvalue weighted by Crippen LogP contribution is 2.21. The highest BCUT2D eigenvalue weighted by Gasteiger charge is 2.02. The molecule has 0 atom stereocenters. The van der Waals surface area contributed by atoms with Gasteiger partial charge in [0.2, 0.25) is 0 Å². The zero-order valence-electron chi connectivity index (χ0n) is 10.8. The molecular formula is C16H18O2. The molecule has 2 nitrogen and oxygen atoms in total. The fourth-order valence-electron chi connectivity index (χ4n) is 1.79. The number of ether oxygens (including phenoxy) is 2. The minimum atomic E-state index is 0.595. The number of hydrogen-bond acceptors (Lipinski definition) is 2. The van der Waals surface area contributed by atoms with Crippen LogP contribution < -0.4 is 4.74 Å². The van der Waals surface area contributed by atoms with E-state index in [1.807, 2.05) is 24.3 Å². The van der Waals surface area contributed by atoms with Crippen LogP contribution in [0.5, 0.6) is 5.75 Å². The van der Waals surface area contributed by atoms with Gasteiger partial charge in [-0.2, -0.15) is 0 Å². The second-order valence-corrected chi connectivity index (χ2v) is 4.31. The summed E-state index contributed by atoms with van der Waals surface area (Å²) in [5.41, 5.74) is 3.45. The predicted molar refractivity (Wildman–Crippen MR) is 72.7 cm³/mol. The molecule has 0 aromatic heterocycles. The highest BCUT2D eigenvalue weighted by molar-refractivity contribution is 5.36. The Morgan fingerprint density at radius 1 is 0.889 bits per heavy atom. The maximum atomic E-state index is 5.85. The molecule has 0 saturated heterocycles. The molecule has 94 valence electrons. The van der Waals surface area contributed by atoms with Gasteiger partial charge in [-0.1, -0.05) is 42.5 Å². The van der Waals surface area contributed by atoms with Crippen LogP contribution in [0.2, 0.25) is 0 Å². The molecule has 2 heteroatoms. The van der Waals surface area contributed by atoms with Crippen LogP contribution >= 0.6 is 0 Å². The van der Waals surface area contributed by atoms with Crippen LogP contribution in [0.4, 0.5) is 0 Å². The molecule has 0 aliphatic heterocycles. The van der Waals surface area contributed by atoms with Crippen LogP contribution in [-0.4, -0.2) is 7.11 Å². The van der Waals surface area contributed by atoms with Crippen molar-refractivity contribution in [1.82, 2.24) is 0 Å². The Kier molecular flexibility index (Phi) is 4.37. The summed E-state index contributed by atoms with van der Waals surface area (Å²) in [6.45, 7) is 3.26. The summed E-state index contributed by atoms with van der Waals surface area (Å²) in [5.74, 6) is 0.924. The number of benzene rings is 2. The second kappa shape index (κ2) is 6.22. The van der Waals surface area contributed by atoms with E-state index >= 15 is 0 Å². The van der Waals surface area contributed by atoms with Crippen LogP contribution in [0.3, 0.4) is 0 Å². The van der Waals surface area contributed by atoms with E-state index in [-0.39, 0.29) is 0 Å². The normalized spacial score (nSPS) is 10.3. The van der Waals surface area contributed by atoms with Gasteiger partial charge in [-0.05, 0) is 29.7 Å². The lowest BCUT2D eigenvalue weighted by molar-refractivity contribution is 0.184. The van der Waals surface area contributed by atoms with Crippen molar-refractivity contribution >= 4 is 0 Å². The summed E-state index contributed by atoms with van der Waals surface area (Å²) in [6.07, 6.45) is 0. The predicted octanol–water partition coefficient (Wildman–Crippen LogP) is 3.72. The second-order valence-electron chi connectivity index (χ2n) is 4.31. The molecule has 0 radical (unpaired) electrons. The van der Waals surface area contributed by atoms with Gasteiger partial charge >= 0.3 is 0 Å². The lowest BCUT2D eigenvalue weighted by atomic mass is 10.1. The minimum absolute atomic E-state index is 0.595. The van der Waals surface area contributed by atoms with Gasteiger partial charge in [0, 0.05) is 7.11 Å². The molecule has 2 aromatic rings. The van der Waals surface area contributed by atoms with Crippen molar-refractivity contribution in [3.8, 4) is 5.75 Å². The minimum Gasteiger partial charge on any atom is -0.489 e. The molecule has 2 aromatic carbocycles. The molecule has 0 amide bonds. The maximum Gasteiger partial charge on any atom is 0.123 e. The molecule has 18 heavy (non-hydrogen) atoms. The standard InChI is InChI=1S/C16H18O2/c1-13-8-9-15(11-17-2)10-16(13)18-12-14-6-4-3-5-7-14/h3-10H,11-12H2,1-2H3. The van der Waals surface area contributed by atoms with Crippen molar-refractivity contribution < 1.29 is 9.47 Å². The smallest absolute Gasteiger partial charge is 0.123 e. The van der Waals surface area contributed by atoms with Gasteiger partial charge < -0.3 is 9.47 Å². The summed E-state index contributed by atoms with van der Waals surface area (Å²) < 4.78 is 11.0. The first-order valence-electron chi connectivity index (χ1n) is 6.05. The average Bonchev–Trinajstić information content (AvgIpc) is 2.41. The van der Waals surface area contributed by atoms with E-state index in [2.05, 4.69) is 31.2 Å². The fraction of sp³-hybridized carbons (Fsp3) is 0.250. The van der Waals surface area contributed by atoms with E-state index in [9.17, 15) is 0 Å². The summed E-state index contributed by atoms with van der Waals surface area (Å²) in [5, 5.41) is 0. The van der Waals surface area contributed by atoms with Gasteiger partial charge in [0.25, 0.3) is 0 Å². The van der Waals surface area contributed by atoms with Gasteiger partial charge in [-0.25, -0.2) is 0 Å². The first kappa shape index (κ1) is 12.7. The number of hydrogen-bond donors (Lipinski definition) is 0. The zero-order valence-corrected chi connectivity index (χ0v) is 10.8. The summed E-state index contributed by atoms with van der Waals surface area (Å²) in [7, 11) is 1.70. The molecule has 0 aliphatic carbocycles. The third kappa shape index (κ3) is 3.34. The van der Waals surface area contributed by atoms with Crippen molar-refractivity contribution in [3.05, 3.63) is 65.2 Å². The molecule has 0 bridgehead atoms. The summed E-state index contributed by atoms with van der Waals surface area (Å²) >= 11 is 0. The van der Waals surface area contributed by atoms with E-state index in [1.165, 1.54) is 5.56 Å². The van der Waals surface area contributed by atoms with E-state index in [0.717, 1.165) is 16.9 Å². The van der Waals surface area contributed by atoms with Crippen LogP contribution in [0, 0.1) is 6.92 Å². The summed E-state index contributed by atoms with van der Waals surface area (Å²) in [6, 6.07) is 16.3. The SMILES string of the molecule is COCc1ccc(C)c(OCc2ccccc2)c1. The molecule has 0 spiro atoms. The molecule has 0 unspecified atom stereocenters. The third-order valence-electron chi connectivity index (χ3n) is 2.80.